The maximum atomic E-state index is 11.8. The zero-order valence-corrected chi connectivity index (χ0v) is 12.4. The Morgan fingerprint density at radius 2 is 1.86 bits per heavy atom. The number of carboxylic acids is 1. The molecule has 0 aliphatic carbocycles. The number of carboxylic acid groups (broad SMARTS) is 1. The van der Waals surface area contributed by atoms with Crippen LogP contribution in [0.1, 0.15) is 12.8 Å². The number of rotatable bonds is 10. The van der Waals surface area contributed by atoms with Gasteiger partial charge in [-0.3, -0.25) is 19.2 Å². The lowest BCUT2D eigenvalue weighted by atomic mass is 10.1. The first-order valence-electron chi connectivity index (χ1n) is 6.10. The number of aliphatic carboxylic acids is 1. The molecule has 0 aromatic heterocycles. The third-order valence-electron chi connectivity index (χ3n) is 2.42. The van der Waals surface area contributed by atoms with Gasteiger partial charge in [0, 0.05) is 0 Å². The second kappa shape index (κ2) is 10.00. The van der Waals surface area contributed by atoms with Crippen molar-refractivity contribution < 1.29 is 24.3 Å². The van der Waals surface area contributed by atoms with E-state index in [1.165, 1.54) is 11.8 Å². The summed E-state index contributed by atoms with van der Waals surface area (Å²) in [6, 6.07) is -2.06. The van der Waals surface area contributed by atoms with Crippen molar-refractivity contribution in [2.24, 2.45) is 11.5 Å². The van der Waals surface area contributed by atoms with Gasteiger partial charge in [-0.2, -0.15) is 11.8 Å². The van der Waals surface area contributed by atoms with Crippen molar-refractivity contribution in [1.29, 1.82) is 0 Å². The first-order chi connectivity index (χ1) is 9.77. The van der Waals surface area contributed by atoms with E-state index >= 15 is 0 Å². The number of hydrogen-bond acceptors (Lipinski definition) is 6. The van der Waals surface area contributed by atoms with Gasteiger partial charge in [-0.15, -0.1) is 0 Å². The highest BCUT2D eigenvalue weighted by Crippen LogP contribution is 2.00. The minimum Gasteiger partial charge on any atom is -0.480 e. The summed E-state index contributed by atoms with van der Waals surface area (Å²) in [5, 5.41) is 12.8. The van der Waals surface area contributed by atoms with Crippen molar-refractivity contribution in [2.75, 3.05) is 18.6 Å². The highest BCUT2D eigenvalue weighted by molar-refractivity contribution is 7.98. The van der Waals surface area contributed by atoms with Crippen LogP contribution in [0, 0.1) is 0 Å². The van der Waals surface area contributed by atoms with E-state index in [1.807, 2.05) is 6.26 Å². The lowest BCUT2D eigenvalue weighted by molar-refractivity contribution is -0.138. The van der Waals surface area contributed by atoms with Gasteiger partial charge >= 0.3 is 5.97 Å². The standard InChI is InChI=1S/C11H20N4O5S/c1-21-3-2-6(12)10(19)15-7(4-8(13)16)11(20)14-5-9(17)18/h6-7H,2-5,12H2,1H3,(H2,13,16)(H,14,20)(H,15,19)(H,17,18)/t6-,7-/m0/s1. The summed E-state index contributed by atoms with van der Waals surface area (Å²) in [5.41, 5.74) is 10.6. The fraction of sp³-hybridized carbons (Fsp3) is 0.636. The van der Waals surface area contributed by atoms with E-state index in [2.05, 4.69) is 10.6 Å². The number of nitrogens with one attached hydrogen (secondary N) is 2. The molecule has 0 rings (SSSR count). The molecule has 0 unspecified atom stereocenters. The summed E-state index contributed by atoms with van der Waals surface area (Å²) in [4.78, 5) is 44.8. The van der Waals surface area contributed by atoms with Crippen LogP contribution < -0.4 is 22.1 Å². The summed E-state index contributed by atoms with van der Waals surface area (Å²) in [6.45, 7) is -0.623. The van der Waals surface area contributed by atoms with E-state index in [1.54, 1.807) is 0 Å². The number of carbonyl (C=O) groups is 4. The molecule has 0 bridgehead atoms. The van der Waals surface area contributed by atoms with Crippen LogP contribution in [0.15, 0.2) is 0 Å². The van der Waals surface area contributed by atoms with Crippen LogP contribution in [0.25, 0.3) is 0 Å². The monoisotopic (exact) mass is 320 g/mol. The van der Waals surface area contributed by atoms with E-state index in [0.717, 1.165) is 0 Å². The molecule has 120 valence electrons. The van der Waals surface area contributed by atoms with Crippen molar-refractivity contribution in [3.63, 3.8) is 0 Å². The van der Waals surface area contributed by atoms with Gasteiger partial charge < -0.3 is 27.2 Å². The summed E-state index contributed by atoms with van der Waals surface area (Å²) >= 11 is 1.52. The van der Waals surface area contributed by atoms with Crippen molar-refractivity contribution in [1.82, 2.24) is 10.6 Å². The van der Waals surface area contributed by atoms with Crippen molar-refractivity contribution >= 4 is 35.5 Å². The van der Waals surface area contributed by atoms with Crippen LogP contribution in [-0.4, -0.2) is 59.4 Å². The molecule has 0 radical (unpaired) electrons. The van der Waals surface area contributed by atoms with Crippen LogP contribution in [0.2, 0.25) is 0 Å². The van der Waals surface area contributed by atoms with Gasteiger partial charge in [-0.1, -0.05) is 0 Å². The molecule has 21 heavy (non-hydrogen) atoms. The van der Waals surface area contributed by atoms with Crippen LogP contribution in [-0.2, 0) is 19.2 Å². The molecule has 0 aliphatic heterocycles. The molecule has 7 N–H and O–H groups in total. The van der Waals surface area contributed by atoms with Gasteiger partial charge in [-0.25, -0.2) is 0 Å². The van der Waals surface area contributed by atoms with Gasteiger partial charge in [-0.05, 0) is 18.4 Å². The highest BCUT2D eigenvalue weighted by Gasteiger charge is 2.25. The van der Waals surface area contributed by atoms with Gasteiger partial charge in [0.2, 0.25) is 17.7 Å². The molecule has 3 amide bonds. The average molecular weight is 320 g/mol. The average Bonchev–Trinajstić information content (AvgIpc) is 2.40. The smallest absolute Gasteiger partial charge is 0.322 e. The predicted molar refractivity (Wildman–Crippen MR) is 77.4 cm³/mol. The normalized spacial score (nSPS) is 13.0. The molecule has 0 heterocycles. The molecular formula is C11H20N4O5S. The van der Waals surface area contributed by atoms with Gasteiger partial charge in [0.25, 0.3) is 0 Å². The van der Waals surface area contributed by atoms with Gasteiger partial charge in [0.1, 0.15) is 12.6 Å². The minimum absolute atomic E-state index is 0.410. The fourth-order valence-corrected chi connectivity index (χ4v) is 1.84. The van der Waals surface area contributed by atoms with Crippen LogP contribution in [0.3, 0.4) is 0 Å². The summed E-state index contributed by atoms with van der Waals surface area (Å²) in [7, 11) is 0. The van der Waals surface area contributed by atoms with Crippen molar-refractivity contribution in [3.05, 3.63) is 0 Å². The quantitative estimate of drug-likeness (QED) is 0.300. The third-order valence-corrected chi connectivity index (χ3v) is 3.07. The van der Waals surface area contributed by atoms with E-state index in [-0.39, 0.29) is 0 Å². The van der Waals surface area contributed by atoms with Crippen LogP contribution in [0.4, 0.5) is 0 Å². The van der Waals surface area contributed by atoms with E-state index < -0.39 is 48.7 Å². The van der Waals surface area contributed by atoms with E-state index in [4.69, 9.17) is 16.6 Å². The second-order valence-electron chi connectivity index (χ2n) is 4.23. The SMILES string of the molecule is CSCC[C@H](N)C(=O)N[C@@H](CC(N)=O)C(=O)NCC(=O)O. The fourth-order valence-electron chi connectivity index (χ4n) is 1.35. The maximum Gasteiger partial charge on any atom is 0.322 e. The molecular weight excluding hydrogens is 300 g/mol. The Hall–Kier alpha value is -1.81. The Bertz CT molecular complexity index is 404. The van der Waals surface area contributed by atoms with Gasteiger partial charge in [0.15, 0.2) is 0 Å². The van der Waals surface area contributed by atoms with Crippen LogP contribution in [0.5, 0.6) is 0 Å². The molecule has 10 heteroatoms. The Labute approximate surface area is 126 Å². The highest BCUT2D eigenvalue weighted by atomic mass is 32.2. The molecule has 0 fully saturated rings. The first kappa shape index (κ1) is 19.2. The molecule has 0 spiro atoms. The van der Waals surface area contributed by atoms with E-state index in [9.17, 15) is 19.2 Å². The lowest BCUT2D eigenvalue weighted by Gasteiger charge is -2.19. The Morgan fingerprint density at radius 1 is 1.24 bits per heavy atom. The molecule has 9 nitrogen and oxygen atoms in total. The third kappa shape index (κ3) is 8.87. The Morgan fingerprint density at radius 3 is 2.33 bits per heavy atom. The van der Waals surface area contributed by atoms with Gasteiger partial charge in [0.05, 0.1) is 12.5 Å². The number of hydrogen-bond donors (Lipinski definition) is 5. The second-order valence-corrected chi connectivity index (χ2v) is 5.22. The largest absolute Gasteiger partial charge is 0.480 e. The molecule has 0 saturated carbocycles. The molecule has 0 saturated heterocycles. The number of thioether (sulfide) groups is 1. The predicted octanol–water partition coefficient (Wildman–Crippen LogP) is -2.37. The number of carbonyl (C=O) groups excluding carboxylic acids is 3. The molecule has 0 aromatic carbocycles. The number of nitrogens with two attached hydrogens (primary N) is 2. The van der Waals surface area contributed by atoms with Crippen molar-refractivity contribution in [3.8, 4) is 0 Å². The Kier molecular flexibility index (Phi) is 9.13. The topological polar surface area (TPSA) is 165 Å². The lowest BCUT2D eigenvalue weighted by Crippen LogP contribution is -2.53. The minimum atomic E-state index is -1.25. The molecule has 0 aliphatic rings. The summed E-state index contributed by atoms with van der Waals surface area (Å²) in [5.74, 6) is -2.78. The van der Waals surface area contributed by atoms with Crippen molar-refractivity contribution in [2.45, 2.75) is 24.9 Å². The first-order valence-corrected chi connectivity index (χ1v) is 7.50. The zero-order chi connectivity index (χ0) is 16.4. The molecule has 0 aromatic rings. The summed E-state index contributed by atoms with van der Waals surface area (Å²) < 4.78 is 0. The zero-order valence-electron chi connectivity index (χ0n) is 11.6. The van der Waals surface area contributed by atoms with E-state index in [0.29, 0.717) is 12.2 Å². The number of amides is 3. The maximum absolute atomic E-state index is 11.8. The Balaban J connectivity index is 4.60. The number of primary amides is 1. The van der Waals surface area contributed by atoms with Crippen LogP contribution >= 0.6 is 11.8 Å². The summed E-state index contributed by atoms with van der Waals surface area (Å²) in [6.07, 6.45) is 1.83. The molecule has 2 atom stereocenters.